The molecule has 0 radical (unpaired) electrons. The van der Waals surface area contributed by atoms with Crippen LogP contribution in [0.1, 0.15) is 6.42 Å². The van der Waals surface area contributed by atoms with Crippen LogP contribution in [0, 0.1) is 0 Å². The van der Waals surface area contributed by atoms with E-state index >= 15 is 0 Å². The van der Waals surface area contributed by atoms with Gasteiger partial charge in [-0.2, -0.15) is 0 Å². The molecule has 1 unspecified atom stereocenters. The molecule has 4 nitrogen and oxygen atoms in total. The summed E-state index contributed by atoms with van der Waals surface area (Å²) >= 11 is 0. The van der Waals surface area contributed by atoms with Crippen molar-refractivity contribution in [1.29, 1.82) is 0 Å². The van der Waals surface area contributed by atoms with Crippen LogP contribution in [0.25, 0.3) is 0 Å². The van der Waals surface area contributed by atoms with E-state index < -0.39 is 0 Å². The quantitative estimate of drug-likeness (QED) is 0.847. The van der Waals surface area contributed by atoms with Crippen molar-refractivity contribution in [2.75, 3.05) is 18.6 Å². The topological polar surface area (TPSA) is 55.6 Å². The van der Waals surface area contributed by atoms with Crippen molar-refractivity contribution in [3.63, 3.8) is 0 Å². The molecule has 1 aromatic rings. The predicted octanol–water partition coefficient (Wildman–Crippen LogP) is 1.18. The fourth-order valence-corrected chi connectivity index (χ4v) is 1.79. The van der Waals surface area contributed by atoms with E-state index in [1.54, 1.807) is 12.0 Å². The lowest BCUT2D eigenvalue weighted by Gasteiger charge is -2.18. The van der Waals surface area contributed by atoms with Crippen LogP contribution in [0.2, 0.25) is 0 Å². The van der Waals surface area contributed by atoms with Crippen molar-refractivity contribution >= 4 is 24.0 Å². The summed E-state index contributed by atoms with van der Waals surface area (Å²) in [4.78, 5) is 13.4. The van der Waals surface area contributed by atoms with Crippen molar-refractivity contribution < 1.29 is 9.53 Å². The number of carbonyl (C=O) groups excluding carboxylic acids is 1. The molecular weight excluding hydrogens is 228 g/mol. The van der Waals surface area contributed by atoms with E-state index in [2.05, 4.69) is 0 Å². The van der Waals surface area contributed by atoms with Gasteiger partial charge >= 0.3 is 0 Å². The summed E-state index contributed by atoms with van der Waals surface area (Å²) in [5, 5.41) is 0. The smallest absolute Gasteiger partial charge is 0.244 e. The average Bonchev–Trinajstić information content (AvgIpc) is 2.60. The second-order valence-corrected chi connectivity index (χ2v) is 3.56. The van der Waals surface area contributed by atoms with Gasteiger partial charge < -0.3 is 15.4 Å². The number of amides is 1. The summed E-state index contributed by atoms with van der Waals surface area (Å²) in [6.07, 6.45) is 0.705. The molecule has 1 atom stereocenters. The molecule has 1 amide bonds. The first kappa shape index (κ1) is 12.8. The molecule has 0 spiro atoms. The fourth-order valence-electron chi connectivity index (χ4n) is 1.79. The van der Waals surface area contributed by atoms with Crippen LogP contribution in [-0.4, -0.2) is 25.6 Å². The number of carbonyl (C=O) groups is 1. The first-order valence-corrected chi connectivity index (χ1v) is 4.94. The lowest BCUT2D eigenvalue weighted by Crippen LogP contribution is -2.34. The average molecular weight is 243 g/mol. The van der Waals surface area contributed by atoms with Gasteiger partial charge in [0.2, 0.25) is 5.91 Å². The van der Waals surface area contributed by atoms with E-state index in [1.165, 1.54) is 0 Å². The zero-order chi connectivity index (χ0) is 10.8. The van der Waals surface area contributed by atoms with Gasteiger partial charge in [-0.05, 0) is 18.6 Å². The van der Waals surface area contributed by atoms with E-state index in [9.17, 15) is 4.79 Å². The highest BCUT2D eigenvalue weighted by atomic mass is 35.5. The molecular formula is C11H15ClN2O2. The number of hydrogen-bond donors (Lipinski definition) is 1. The van der Waals surface area contributed by atoms with E-state index in [0.29, 0.717) is 18.7 Å². The van der Waals surface area contributed by atoms with Gasteiger partial charge in [0.25, 0.3) is 0 Å². The number of para-hydroxylation sites is 2. The standard InChI is InChI=1S/C11H14N2O2.ClH/c1-15-10-5-3-2-4-9(10)13-7-6-8(12)11(13)14;/h2-5,8H,6-7,12H2,1H3;1H. The van der Waals surface area contributed by atoms with Crippen LogP contribution < -0.4 is 15.4 Å². The van der Waals surface area contributed by atoms with Crippen molar-refractivity contribution in [1.82, 2.24) is 0 Å². The Bertz CT molecular complexity index is 384. The maximum Gasteiger partial charge on any atom is 0.244 e. The molecule has 1 saturated heterocycles. The normalized spacial score (nSPS) is 19.5. The van der Waals surface area contributed by atoms with Gasteiger partial charge in [0, 0.05) is 6.54 Å². The highest BCUT2D eigenvalue weighted by molar-refractivity contribution is 6.00. The monoisotopic (exact) mass is 242 g/mol. The van der Waals surface area contributed by atoms with E-state index in [4.69, 9.17) is 10.5 Å². The zero-order valence-electron chi connectivity index (χ0n) is 9.05. The van der Waals surface area contributed by atoms with Crippen molar-refractivity contribution in [3.05, 3.63) is 24.3 Å². The second kappa shape index (κ2) is 5.18. The predicted molar refractivity (Wildman–Crippen MR) is 65.2 cm³/mol. The third-order valence-electron chi connectivity index (χ3n) is 2.62. The first-order chi connectivity index (χ1) is 7.24. The number of methoxy groups -OCH3 is 1. The molecule has 0 aromatic heterocycles. The maximum atomic E-state index is 11.7. The molecule has 1 aliphatic heterocycles. The molecule has 2 N–H and O–H groups in total. The van der Waals surface area contributed by atoms with Gasteiger partial charge in [-0.1, -0.05) is 12.1 Å². The summed E-state index contributed by atoms with van der Waals surface area (Å²) in [5.74, 6) is 0.680. The molecule has 88 valence electrons. The van der Waals surface area contributed by atoms with Gasteiger partial charge in [-0.3, -0.25) is 4.79 Å². The van der Waals surface area contributed by atoms with Gasteiger partial charge in [0.15, 0.2) is 0 Å². The number of nitrogens with zero attached hydrogens (tertiary/aromatic N) is 1. The van der Waals surface area contributed by atoms with Crippen molar-refractivity contribution in [2.45, 2.75) is 12.5 Å². The number of anilines is 1. The zero-order valence-corrected chi connectivity index (χ0v) is 9.87. The van der Waals surface area contributed by atoms with Crippen LogP contribution in [0.4, 0.5) is 5.69 Å². The fraction of sp³-hybridized carbons (Fsp3) is 0.364. The Balaban J connectivity index is 0.00000128. The number of ether oxygens (including phenoxy) is 1. The maximum absolute atomic E-state index is 11.7. The molecule has 1 heterocycles. The molecule has 0 aliphatic carbocycles. The molecule has 0 bridgehead atoms. The highest BCUT2D eigenvalue weighted by Gasteiger charge is 2.30. The van der Waals surface area contributed by atoms with Gasteiger partial charge in [0.05, 0.1) is 18.8 Å². The Morgan fingerprint density at radius 1 is 1.44 bits per heavy atom. The van der Waals surface area contributed by atoms with Gasteiger partial charge in [0.1, 0.15) is 5.75 Å². The molecule has 1 aromatic carbocycles. The number of halogens is 1. The van der Waals surface area contributed by atoms with E-state index in [-0.39, 0.29) is 24.4 Å². The third kappa shape index (κ3) is 2.13. The molecule has 1 fully saturated rings. The van der Waals surface area contributed by atoms with Crippen LogP contribution in [-0.2, 0) is 4.79 Å². The summed E-state index contributed by atoms with van der Waals surface area (Å²) in [6.45, 7) is 0.667. The summed E-state index contributed by atoms with van der Waals surface area (Å²) in [5.41, 5.74) is 6.47. The minimum Gasteiger partial charge on any atom is -0.495 e. The number of rotatable bonds is 2. The Morgan fingerprint density at radius 3 is 2.69 bits per heavy atom. The SMILES string of the molecule is COc1ccccc1N1CCC(N)C1=O.Cl. The molecule has 2 rings (SSSR count). The molecule has 16 heavy (non-hydrogen) atoms. The van der Waals surface area contributed by atoms with Crippen molar-refractivity contribution in [3.8, 4) is 5.75 Å². The van der Waals surface area contributed by atoms with Crippen LogP contribution in [0.15, 0.2) is 24.3 Å². The Morgan fingerprint density at radius 2 is 2.12 bits per heavy atom. The van der Waals surface area contributed by atoms with Crippen LogP contribution in [0.3, 0.4) is 0 Å². The molecule has 5 heteroatoms. The van der Waals surface area contributed by atoms with E-state index in [0.717, 1.165) is 5.69 Å². The largest absolute Gasteiger partial charge is 0.495 e. The minimum atomic E-state index is -0.366. The molecule has 0 saturated carbocycles. The number of nitrogens with two attached hydrogens (primary N) is 1. The van der Waals surface area contributed by atoms with Crippen LogP contribution >= 0.6 is 12.4 Å². The van der Waals surface area contributed by atoms with Crippen molar-refractivity contribution in [2.24, 2.45) is 5.73 Å². The van der Waals surface area contributed by atoms with Crippen LogP contribution in [0.5, 0.6) is 5.75 Å². The van der Waals surface area contributed by atoms with Gasteiger partial charge in [-0.15, -0.1) is 12.4 Å². The third-order valence-corrected chi connectivity index (χ3v) is 2.62. The van der Waals surface area contributed by atoms with Gasteiger partial charge in [-0.25, -0.2) is 0 Å². The summed E-state index contributed by atoms with van der Waals surface area (Å²) in [6, 6.07) is 7.11. The lowest BCUT2D eigenvalue weighted by molar-refractivity contribution is -0.118. The number of benzene rings is 1. The lowest BCUT2D eigenvalue weighted by atomic mass is 10.2. The Hall–Kier alpha value is -1.26. The minimum absolute atomic E-state index is 0. The Labute approximate surface area is 101 Å². The second-order valence-electron chi connectivity index (χ2n) is 3.56. The number of hydrogen-bond acceptors (Lipinski definition) is 3. The van der Waals surface area contributed by atoms with E-state index in [1.807, 2.05) is 24.3 Å². The molecule has 1 aliphatic rings. The summed E-state index contributed by atoms with van der Waals surface area (Å²) in [7, 11) is 1.60. The summed E-state index contributed by atoms with van der Waals surface area (Å²) < 4.78 is 5.21. The Kier molecular flexibility index (Phi) is 4.15. The first-order valence-electron chi connectivity index (χ1n) is 4.94. The highest BCUT2D eigenvalue weighted by Crippen LogP contribution is 2.30.